The normalized spacial score (nSPS) is 12.6. The predicted molar refractivity (Wildman–Crippen MR) is 80.0 cm³/mol. The molecule has 108 valence electrons. The Bertz CT molecular complexity index is 570. The van der Waals surface area contributed by atoms with E-state index in [4.69, 9.17) is 23.2 Å². The molecule has 1 N–H and O–H groups in total. The summed E-state index contributed by atoms with van der Waals surface area (Å²) in [4.78, 5) is 1.45. The standard InChI is InChI=1S/C13H17Cl2N5/c1-3-7-16-11(8-12-17-19-20(2)18-12)9-5-4-6-10(14)13(9)15/h4-6,11,16H,3,7-8H2,1-2H3. The molecular weight excluding hydrogens is 297 g/mol. The van der Waals surface area contributed by atoms with Crippen molar-refractivity contribution in [1.82, 2.24) is 25.5 Å². The van der Waals surface area contributed by atoms with Crippen molar-refractivity contribution >= 4 is 23.2 Å². The van der Waals surface area contributed by atoms with E-state index in [2.05, 4.69) is 27.7 Å². The summed E-state index contributed by atoms with van der Waals surface area (Å²) in [7, 11) is 1.75. The summed E-state index contributed by atoms with van der Waals surface area (Å²) in [6.45, 7) is 3.00. The van der Waals surface area contributed by atoms with Crippen LogP contribution >= 0.6 is 23.2 Å². The van der Waals surface area contributed by atoms with Crippen LogP contribution in [0.25, 0.3) is 0 Å². The van der Waals surface area contributed by atoms with Crippen molar-refractivity contribution in [2.24, 2.45) is 7.05 Å². The second-order valence-electron chi connectivity index (χ2n) is 4.55. The summed E-state index contributed by atoms with van der Waals surface area (Å²) >= 11 is 12.4. The first-order chi connectivity index (χ1) is 9.61. The van der Waals surface area contributed by atoms with Crippen LogP contribution in [0.5, 0.6) is 0 Å². The number of aromatic nitrogens is 4. The SMILES string of the molecule is CCCNC(Cc1nnn(C)n1)c1cccc(Cl)c1Cl. The van der Waals surface area contributed by atoms with Gasteiger partial charge in [0.05, 0.1) is 17.1 Å². The summed E-state index contributed by atoms with van der Waals surface area (Å²) in [5, 5.41) is 16.7. The smallest absolute Gasteiger partial charge is 0.176 e. The molecule has 2 aromatic rings. The Morgan fingerprint density at radius 3 is 2.80 bits per heavy atom. The molecule has 0 aliphatic rings. The van der Waals surface area contributed by atoms with Crippen LogP contribution < -0.4 is 5.32 Å². The van der Waals surface area contributed by atoms with Crippen molar-refractivity contribution in [2.45, 2.75) is 25.8 Å². The van der Waals surface area contributed by atoms with Gasteiger partial charge in [-0.2, -0.15) is 4.80 Å². The van der Waals surface area contributed by atoms with Crippen LogP contribution in [0.2, 0.25) is 10.0 Å². The van der Waals surface area contributed by atoms with Crippen LogP contribution in [0.3, 0.4) is 0 Å². The van der Waals surface area contributed by atoms with E-state index in [1.807, 2.05) is 12.1 Å². The van der Waals surface area contributed by atoms with Crippen molar-refractivity contribution in [2.75, 3.05) is 6.54 Å². The van der Waals surface area contributed by atoms with E-state index in [0.29, 0.717) is 22.3 Å². The molecule has 1 aromatic carbocycles. The van der Waals surface area contributed by atoms with Crippen molar-refractivity contribution in [1.29, 1.82) is 0 Å². The maximum atomic E-state index is 6.30. The molecule has 1 unspecified atom stereocenters. The molecule has 0 radical (unpaired) electrons. The van der Waals surface area contributed by atoms with Crippen LogP contribution in [0.1, 0.15) is 30.8 Å². The number of halogens is 2. The van der Waals surface area contributed by atoms with Crippen LogP contribution in [-0.4, -0.2) is 26.8 Å². The third kappa shape index (κ3) is 3.69. The minimum Gasteiger partial charge on any atom is -0.310 e. The Morgan fingerprint density at radius 1 is 1.35 bits per heavy atom. The molecule has 2 rings (SSSR count). The molecule has 0 bridgehead atoms. The van der Waals surface area contributed by atoms with Gasteiger partial charge in [-0.1, -0.05) is 42.3 Å². The van der Waals surface area contributed by atoms with Gasteiger partial charge in [-0.3, -0.25) is 0 Å². The fourth-order valence-corrected chi connectivity index (χ4v) is 2.43. The Morgan fingerprint density at radius 2 is 2.15 bits per heavy atom. The topological polar surface area (TPSA) is 55.6 Å². The summed E-state index contributed by atoms with van der Waals surface area (Å²) in [6.07, 6.45) is 1.65. The van der Waals surface area contributed by atoms with Gasteiger partial charge in [0.1, 0.15) is 0 Å². The van der Waals surface area contributed by atoms with Gasteiger partial charge in [0.25, 0.3) is 0 Å². The lowest BCUT2D eigenvalue weighted by atomic mass is 10.0. The second kappa shape index (κ2) is 7.02. The first-order valence-corrected chi connectivity index (χ1v) is 7.27. The van der Waals surface area contributed by atoms with Gasteiger partial charge in [-0.05, 0) is 29.8 Å². The van der Waals surface area contributed by atoms with Gasteiger partial charge >= 0.3 is 0 Å². The lowest BCUT2D eigenvalue weighted by molar-refractivity contribution is 0.517. The number of nitrogens with zero attached hydrogens (tertiary/aromatic N) is 4. The summed E-state index contributed by atoms with van der Waals surface area (Å²) in [6, 6.07) is 5.67. The number of tetrazole rings is 1. The van der Waals surface area contributed by atoms with Gasteiger partial charge in [-0.15, -0.1) is 10.2 Å². The molecule has 1 heterocycles. The minimum atomic E-state index is 0.0188. The zero-order chi connectivity index (χ0) is 14.5. The summed E-state index contributed by atoms with van der Waals surface area (Å²) < 4.78 is 0. The van der Waals surface area contributed by atoms with E-state index in [-0.39, 0.29) is 6.04 Å². The van der Waals surface area contributed by atoms with E-state index < -0.39 is 0 Å². The molecule has 5 nitrogen and oxygen atoms in total. The Hall–Kier alpha value is -1.17. The molecular formula is C13H17Cl2N5. The zero-order valence-electron chi connectivity index (χ0n) is 11.5. The number of benzene rings is 1. The number of hydrogen-bond donors (Lipinski definition) is 1. The minimum absolute atomic E-state index is 0.0188. The first-order valence-electron chi connectivity index (χ1n) is 6.52. The van der Waals surface area contributed by atoms with Gasteiger partial charge in [0, 0.05) is 12.5 Å². The maximum absolute atomic E-state index is 6.30. The average Bonchev–Trinajstić information content (AvgIpc) is 2.83. The Kier molecular flexibility index (Phi) is 5.34. The number of aryl methyl sites for hydroxylation is 1. The molecule has 0 aliphatic carbocycles. The van der Waals surface area contributed by atoms with Crippen molar-refractivity contribution in [3.63, 3.8) is 0 Å². The van der Waals surface area contributed by atoms with Crippen molar-refractivity contribution in [3.05, 3.63) is 39.6 Å². The highest BCUT2D eigenvalue weighted by atomic mass is 35.5. The molecule has 1 atom stereocenters. The highest BCUT2D eigenvalue weighted by Gasteiger charge is 2.18. The largest absolute Gasteiger partial charge is 0.310 e. The van der Waals surface area contributed by atoms with E-state index in [1.54, 1.807) is 13.1 Å². The fraction of sp³-hybridized carbons (Fsp3) is 0.462. The molecule has 0 spiro atoms. The van der Waals surface area contributed by atoms with Crippen LogP contribution in [-0.2, 0) is 13.5 Å². The molecule has 1 aromatic heterocycles. The van der Waals surface area contributed by atoms with Gasteiger partial charge in [0.2, 0.25) is 0 Å². The zero-order valence-corrected chi connectivity index (χ0v) is 13.0. The lowest BCUT2D eigenvalue weighted by Crippen LogP contribution is -2.25. The molecule has 0 aliphatic heterocycles. The summed E-state index contributed by atoms with van der Waals surface area (Å²) in [5.41, 5.74) is 0.958. The lowest BCUT2D eigenvalue weighted by Gasteiger charge is -2.19. The molecule has 0 fully saturated rings. The van der Waals surface area contributed by atoms with E-state index in [0.717, 1.165) is 18.5 Å². The predicted octanol–water partition coefficient (Wildman–Crippen LogP) is 2.80. The van der Waals surface area contributed by atoms with Crippen molar-refractivity contribution in [3.8, 4) is 0 Å². The third-order valence-corrected chi connectivity index (χ3v) is 3.77. The highest BCUT2D eigenvalue weighted by molar-refractivity contribution is 6.42. The molecule has 0 amide bonds. The van der Waals surface area contributed by atoms with Gasteiger partial charge in [0.15, 0.2) is 5.82 Å². The quantitative estimate of drug-likeness (QED) is 0.891. The molecule has 0 saturated heterocycles. The van der Waals surface area contributed by atoms with Crippen molar-refractivity contribution < 1.29 is 0 Å². The van der Waals surface area contributed by atoms with Crippen LogP contribution in [0.4, 0.5) is 0 Å². The maximum Gasteiger partial charge on any atom is 0.176 e. The summed E-state index contributed by atoms with van der Waals surface area (Å²) in [5.74, 6) is 0.678. The number of nitrogens with one attached hydrogen (secondary N) is 1. The number of hydrogen-bond acceptors (Lipinski definition) is 4. The number of rotatable bonds is 6. The third-order valence-electron chi connectivity index (χ3n) is 2.93. The average molecular weight is 314 g/mol. The Balaban J connectivity index is 2.24. The van der Waals surface area contributed by atoms with Gasteiger partial charge in [-0.25, -0.2) is 0 Å². The van der Waals surface area contributed by atoms with Crippen LogP contribution in [0.15, 0.2) is 18.2 Å². The molecule has 0 saturated carbocycles. The highest BCUT2D eigenvalue weighted by Crippen LogP contribution is 2.31. The molecule has 20 heavy (non-hydrogen) atoms. The van der Waals surface area contributed by atoms with E-state index in [9.17, 15) is 0 Å². The van der Waals surface area contributed by atoms with E-state index >= 15 is 0 Å². The monoisotopic (exact) mass is 313 g/mol. The fourth-order valence-electron chi connectivity index (χ4n) is 1.99. The second-order valence-corrected chi connectivity index (χ2v) is 5.33. The van der Waals surface area contributed by atoms with E-state index in [1.165, 1.54) is 4.80 Å². The molecule has 7 heteroatoms. The Labute approximate surface area is 128 Å². The van der Waals surface area contributed by atoms with Gasteiger partial charge < -0.3 is 5.32 Å². The first kappa shape index (κ1) is 15.2. The van der Waals surface area contributed by atoms with Crippen LogP contribution in [0, 0.1) is 0 Å².